The summed E-state index contributed by atoms with van der Waals surface area (Å²) < 4.78 is 0. The van der Waals surface area contributed by atoms with Gasteiger partial charge >= 0.3 is 0 Å². The Labute approximate surface area is 120 Å². The highest BCUT2D eigenvalue weighted by atomic mass is 35.5. The van der Waals surface area contributed by atoms with Crippen LogP contribution in [0.5, 0.6) is 0 Å². The first-order valence-electron chi connectivity index (χ1n) is 5.51. The minimum atomic E-state index is -0.407. The van der Waals surface area contributed by atoms with E-state index in [1.807, 2.05) is 0 Å². The number of rotatable bonds is 2. The number of thioether (sulfide) groups is 1. The molecule has 1 aromatic carbocycles. The average molecular weight is 303 g/mol. The van der Waals surface area contributed by atoms with Crippen molar-refractivity contribution in [1.29, 1.82) is 0 Å². The third-order valence-electron chi connectivity index (χ3n) is 2.64. The van der Waals surface area contributed by atoms with E-state index in [0.29, 0.717) is 20.8 Å². The van der Waals surface area contributed by atoms with E-state index in [-0.39, 0.29) is 5.91 Å². The summed E-state index contributed by atoms with van der Waals surface area (Å²) in [5, 5.41) is 4.48. The van der Waals surface area contributed by atoms with Crippen molar-refractivity contribution in [3.63, 3.8) is 0 Å². The lowest BCUT2D eigenvalue weighted by atomic mass is 10.0. The molecule has 0 spiro atoms. The van der Waals surface area contributed by atoms with Crippen LogP contribution in [0.25, 0.3) is 0 Å². The molecule has 0 aliphatic carbocycles. The second kappa shape index (κ2) is 5.95. The van der Waals surface area contributed by atoms with Gasteiger partial charge in [0.15, 0.2) is 5.17 Å². The SMILES string of the molecule is C[C@H](C(=O)NC1=NCCS1)c1c(Cl)cccc1Cl. The van der Waals surface area contributed by atoms with Crippen LogP contribution >= 0.6 is 35.0 Å². The molecule has 18 heavy (non-hydrogen) atoms. The smallest absolute Gasteiger partial charge is 0.233 e. The molecule has 1 heterocycles. The van der Waals surface area contributed by atoms with Gasteiger partial charge in [0.2, 0.25) is 5.91 Å². The van der Waals surface area contributed by atoms with Gasteiger partial charge in [-0.05, 0) is 19.1 Å². The number of carbonyl (C=O) groups excluding carboxylic acids is 1. The van der Waals surface area contributed by atoms with Gasteiger partial charge in [-0.15, -0.1) is 0 Å². The second-order valence-electron chi connectivity index (χ2n) is 3.88. The molecule has 1 aliphatic heterocycles. The van der Waals surface area contributed by atoms with Crippen molar-refractivity contribution in [1.82, 2.24) is 5.32 Å². The molecule has 0 aromatic heterocycles. The highest BCUT2D eigenvalue weighted by Gasteiger charge is 2.22. The minimum Gasteiger partial charge on any atom is -0.305 e. The van der Waals surface area contributed by atoms with E-state index in [9.17, 15) is 4.79 Å². The molecular formula is C12H12Cl2N2OS. The largest absolute Gasteiger partial charge is 0.305 e. The first kappa shape index (κ1) is 13.7. The van der Waals surface area contributed by atoms with Crippen molar-refractivity contribution >= 4 is 46.0 Å². The molecule has 2 rings (SSSR count). The van der Waals surface area contributed by atoms with Gasteiger partial charge < -0.3 is 5.32 Å². The molecule has 3 nitrogen and oxygen atoms in total. The van der Waals surface area contributed by atoms with Crippen LogP contribution in [-0.2, 0) is 4.79 Å². The van der Waals surface area contributed by atoms with E-state index in [1.54, 1.807) is 36.9 Å². The van der Waals surface area contributed by atoms with Gasteiger partial charge in [-0.2, -0.15) is 0 Å². The molecule has 96 valence electrons. The number of nitrogens with zero attached hydrogens (tertiary/aromatic N) is 1. The number of nitrogens with one attached hydrogen (secondary N) is 1. The highest BCUT2D eigenvalue weighted by Crippen LogP contribution is 2.31. The predicted molar refractivity (Wildman–Crippen MR) is 77.8 cm³/mol. The zero-order valence-corrected chi connectivity index (χ0v) is 12.1. The van der Waals surface area contributed by atoms with Crippen LogP contribution in [0.1, 0.15) is 18.4 Å². The molecule has 0 saturated heterocycles. The summed E-state index contributed by atoms with van der Waals surface area (Å²) in [7, 11) is 0. The summed E-state index contributed by atoms with van der Waals surface area (Å²) in [6, 6.07) is 5.22. The first-order chi connectivity index (χ1) is 8.59. The summed E-state index contributed by atoms with van der Waals surface area (Å²) in [6.45, 7) is 2.53. The lowest BCUT2D eigenvalue weighted by molar-refractivity contribution is -0.120. The van der Waals surface area contributed by atoms with Crippen molar-refractivity contribution < 1.29 is 4.79 Å². The Balaban J connectivity index is 2.15. The van der Waals surface area contributed by atoms with E-state index >= 15 is 0 Å². The number of benzene rings is 1. The van der Waals surface area contributed by atoms with Crippen LogP contribution in [0.15, 0.2) is 23.2 Å². The molecule has 0 fully saturated rings. The van der Waals surface area contributed by atoms with Gasteiger partial charge in [-0.25, -0.2) is 0 Å². The zero-order chi connectivity index (χ0) is 13.1. The van der Waals surface area contributed by atoms with Crippen LogP contribution in [0.4, 0.5) is 0 Å². The van der Waals surface area contributed by atoms with Gasteiger partial charge in [0.05, 0.1) is 12.5 Å². The monoisotopic (exact) mass is 302 g/mol. The lowest BCUT2D eigenvalue weighted by Gasteiger charge is -2.15. The van der Waals surface area contributed by atoms with Crippen LogP contribution in [0.3, 0.4) is 0 Å². The van der Waals surface area contributed by atoms with Crippen molar-refractivity contribution in [2.75, 3.05) is 12.3 Å². The number of carbonyl (C=O) groups is 1. The summed E-state index contributed by atoms with van der Waals surface area (Å²) in [5.74, 6) is 0.366. The standard InChI is InChI=1S/C12H12Cl2N2OS/c1-7(10-8(13)3-2-4-9(10)14)11(17)16-12-15-5-6-18-12/h2-4,7H,5-6H2,1H3,(H,15,16,17)/t7-/m0/s1. The predicted octanol–water partition coefficient (Wildman–Crippen LogP) is 3.32. The van der Waals surface area contributed by atoms with Gasteiger partial charge in [0.1, 0.15) is 0 Å². The fourth-order valence-corrected chi connectivity index (χ4v) is 3.14. The topological polar surface area (TPSA) is 41.5 Å². The summed E-state index contributed by atoms with van der Waals surface area (Å²) in [6.07, 6.45) is 0. The van der Waals surface area contributed by atoms with Crippen molar-refractivity contribution in [2.24, 2.45) is 4.99 Å². The Kier molecular flexibility index (Phi) is 4.54. The Morgan fingerprint density at radius 1 is 1.44 bits per heavy atom. The highest BCUT2D eigenvalue weighted by molar-refractivity contribution is 8.14. The second-order valence-corrected chi connectivity index (χ2v) is 5.78. The van der Waals surface area contributed by atoms with Crippen LogP contribution in [0, 0.1) is 0 Å². The van der Waals surface area contributed by atoms with Gasteiger partial charge in [0, 0.05) is 21.4 Å². The maximum absolute atomic E-state index is 12.1. The number of aliphatic imine (C=N–C) groups is 1. The third kappa shape index (κ3) is 2.99. The lowest BCUT2D eigenvalue weighted by Crippen LogP contribution is -2.31. The zero-order valence-electron chi connectivity index (χ0n) is 9.74. The molecule has 6 heteroatoms. The summed E-state index contributed by atoms with van der Waals surface area (Å²) >= 11 is 13.7. The number of amides is 1. The molecule has 0 bridgehead atoms. The van der Waals surface area contributed by atoms with Gasteiger partial charge in [-0.3, -0.25) is 9.79 Å². The van der Waals surface area contributed by atoms with E-state index < -0.39 is 5.92 Å². The van der Waals surface area contributed by atoms with Gasteiger partial charge in [0.25, 0.3) is 0 Å². The fraction of sp³-hybridized carbons (Fsp3) is 0.333. The number of halogens is 2. The maximum atomic E-state index is 12.1. The van der Waals surface area contributed by atoms with E-state index in [1.165, 1.54) is 0 Å². The van der Waals surface area contributed by atoms with Crippen LogP contribution in [-0.4, -0.2) is 23.4 Å². The molecule has 0 radical (unpaired) electrons. The quantitative estimate of drug-likeness (QED) is 0.910. The molecule has 1 atom stereocenters. The molecule has 1 aromatic rings. The van der Waals surface area contributed by atoms with Crippen molar-refractivity contribution in [3.05, 3.63) is 33.8 Å². The average Bonchev–Trinajstić information content (AvgIpc) is 2.81. The first-order valence-corrected chi connectivity index (χ1v) is 7.25. The normalized spacial score (nSPS) is 16.3. The van der Waals surface area contributed by atoms with Crippen molar-refractivity contribution in [2.45, 2.75) is 12.8 Å². The molecule has 1 amide bonds. The van der Waals surface area contributed by atoms with Gasteiger partial charge in [-0.1, -0.05) is 41.0 Å². The Morgan fingerprint density at radius 3 is 2.67 bits per heavy atom. The maximum Gasteiger partial charge on any atom is 0.233 e. The van der Waals surface area contributed by atoms with E-state index in [2.05, 4.69) is 10.3 Å². The Bertz CT molecular complexity index is 485. The third-order valence-corrected chi connectivity index (χ3v) is 4.19. The number of hydrogen-bond acceptors (Lipinski definition) is 3. The summed E-state index contributed by atoms with van der Waals surface area (Å²) in [5.41, 5.74) is 0.655. The Morgan fingerprint density at radius 2 is 2.11 bits per heavy atom. The van der Waals surface area contributed by atoms with E-state index in [4.69, 9.17) is 23.2 Å². The van der Waals surface area contributed by atoms with Crippen LogP contribution in [0.2, 0.25) is 10.0 Å². The van der Waals surface area contributed by atoms with E-state index in [0.717, 1.165) is 12.3 Å². The van der Waals surface area contributed by atoms with Crippen molar-refractivity contribution in [3.8, 4) is 0 Å². The molecular weight excluding hydrogens is 291 g/mol. The minimum absolute atomic E-state index is 0.141. The number of amidine groups is 1. The number of hydrogen-bond donors (Lipinski definition) is 1. The molecule has 1 aliphatic rings. The molecule has 0 saturated carbocycles. The summed E-state index contributed by atoms with van der Waals surface area (Å²) in [4.78, 5) is 16.3. The molecule has 1 N–H and O–H groups in total. The van der Waals surface area contributed by atoms with Crippen LogP contribution < -0.4 is 5.32 Å². The Hall–Kier alpha value is -0.710. The fourth-order valence-electron chi connectivity index (χ4n) is 1.68. The molecule has 0 unspecified atom stereocenters.